The first-order valence-corrected chi connectivity index (χ1v) is 5.90. The second-order valence-corrected chi connectivity index (χ2v) is 4.50. The Hall–Kier alpha value is -2.10. The maximum atomic E-state index is 5.71. The Kier molecular flexibility index (Phi) is 3.46. The maximum absolute atomic E-state index is 5.71. The molecule has 0 amide bonds. The van der Waals surface area contributed by atoms with Gasteiger partial charge in [0.05, 0.1) is 12.3 Å². The van der Waals surface area contributed by atoms with Gasteiger partial charge < -0.3 is 10.5 Å². The minimum Gasteiger partial charge on any atom is -0.489 e. The zero-order valence-electron chi connectivity index (χ0n) is 10.8. The summed E-state index contributed by atoms with van der Waals surface area (Å²) in [4.78, 5) is 8.34. The maximum Gasteiger partial charge on any atom is 0.138 e. The van der Waals surface area contributed by atoms with E-state index in [9.17, 15) is 0 Å². The number of nitrogens with zero attached hydrogens (tertiary/aromatic N) is 2. The first kappa shape index (κ1) is 12.4. The number of nitrogens with two attached hydrogens (primary N) is 1. The predicted octanol–water partition coefficient (Wildman–Crippen LogP) is 2.82. The molecule has 2 aromatic heterocycles. The first-order chi connectivity index (χ1) is 8.56. The van der Waals surface area contributed by atoms with Crippen LogP contribution in [0.2, 0.25) is 0 Å². The lowest BCUT2D eigenvalue weighted by molar-refractivity contribution is 0.241. The zero-order chi connectivity index (χ0) is 13.1. The van der Waals surface area contributed by atoms with Gasteiger partial charge in [-0.1, -0.05) is 0 Å². The van der Waals surface area contributed by atoms with E-state index in [1.807, 2.05) is 32.9 Å². The van der Waals surface area contributed by atoms with Crippen molar-refractivity contribution >= 4 is 5.82 Å². The molecule has 2 heterocycles. The SMILES string of the molecule is Cc1cc(-c2cncc(OC(C)C)c2)cnc1N. The van der Waals surface area contributed by atoms with Gasteiger partial charge in [-0.3, -0.25) is 4.98 Å². The van der Waals surface area contributed by atoms with Crippen molar-refractivity contribution in [3.05, 3.63) is 36.3 Å². The fourth-order valence-electron chi connectivity index (χ4n) is 1.66. The summed E-state index contributed by atoms with van der Waals surface area (Å²) in [6.07, 6.45) is 5.38. The second-order valence-electron chi connectivity index (χ2n) is 4.50. The average molecular weight is 243 g/mol. The van der Waals surface area contributed by atoms with Gasteiger partial charge in [0.1, 0.15) is 11.6 Å². The second kappa shape index (κ2) is 5.04. The zero-order valence-corrected chi connectivity index (χ0v) is 10.8. The molecule has 2 N–H and O–H groups in total. The van der Waals surface area contributed by atoms with Crippen LogP contribution in [0.3, 0.4) is 0 Å². The number of ether oxygens (including phenoxy) is 1. The van der Waals surface area contributed by atoms with Crippen LogP contribution in [-0.4, -0.2) is 16.1 Å². The van der Waals surface area contributed by atoms with Crippen molar-refractivity contribution in [1.29, 1.82) is 0 Å². The number of pyridine rings is 2. The minimum absolute atomic E-state index is 0.133. The predicted molar refractivity (Wildman–Crippen MR) is 72.4 cm³/mol. The van der Waals surface area contributed by atoms with Gasteiger partial charge in [-0.05, 0) is 38.5 Å². The molecule has 0 radical (unpaired) electrons. The van der Waals surface area contributed by atoms with Crippen molar-refractivity contribution in [2.75, 3.05) is 5.73 Å². The molecule has 0 aliphatic carbocycles. The first-order valence-electron chi connectivity index (χ1n) is 5.90. The van der Waals surface area contributed by atoms with Crippen LogP contribution >= 0.6 is 0 Å². The Morgan fingerprint density at radius 1 is 1.11 bits per heavy atom. The highest BCUT2D eigenvalue weighted by molar-refractivity contribution is 5.65. The summed E-state index contributed by atoms with van der Waals surface area (Å²) in [5.74, 6) is 1.32. The molecule has 0 saturated heterocycles. The highest BCUT2D eigenvalue weighted by atomic mass is 16.5. The van der Waals surface area contributed by atoms with Gasteiger partial charge in [0.25, 0.3) is 0 Å². The highest BCUT2D eigenvalue weighted by Gasteiger charge is 2.04. The number of aromatic nitrogens is 2. The lowest BCUT2D eigenvalue weighted by Crippen LogP contribution is -2.05. The third-order valence-electron chi connectivity index (χ3n) is 2.54. The van der Waals surface area contributed by atoms with E-state index in [1.165, 1.54) is 0 Å². The van der Waals surface area contributed by atoms with E-state index in [2.05, 4.69) is 9.97 Å². The van der Waals surface area contributed by atoms with E-state index >= 15 is 0 Å². The molecule has 2 aromatic rings. The largest absolute Gasteiger partial charge is 0.489 e. The summed E-state index contributed by atoms with van der Waals surface area (Å²) in [6.45, 7) is 5.91. The molecule has 4 nitrogen and oxygen atoms in total. The molecule has 2 rings (SSSR count). The van der Waals surface area contributed by atoms with Gasteiger partial charge in [0.2, 0.25) is 0 Å². The van der Waals surface area contributed by atoms with E-state index in [4.69, 9.17) is 10.5 Å². The summed E-state index contributed by atoms with van der Waals surface area (Å²) in [5, 5.41) is 0. The Labute approximate surface area is 107 Å². The van der Waals surface area contributed by atoms with E-state index in [0.29, 0.717) is 5.82 Å². The molecule has 0 spiro atoms. The topological polar surface area (TPSA) is 61.0 Å². The standard InChI is InChI=1S/C14H17N3O/c1-9(2)18-13-5-12(6-16-8-13)11-4-10(3)14(15)17-7-11/h4-9H,1-3H3,(H2,15,17). The van der Waals surface area contributed by atoms with Crippen molar-refractivity contribution in [2.24, 2.45) is 0 Å². The third-order valence-corrected chi connectivity index (χ3v) is 2.54. The third kappa shape index (κ3) is 2.77. The minimum atomic E-state index is 0.133. The molecule has 0 saturated carbocycles. The molecular weight excluding hydrogens is 226 g/mol. The Bertz CT molecular complexity index is 552. The van der Waals surface area contributed by atoms with E-state index < -0.39 is 0 Å². The van der Waals surface area contributed by atoms with Gasteiger partial charge in [-0.15, -0.1) is 0 Å². The molecule has 0 aromatic carbocycles. The quantitative estimate of drug-likeness (QED) is 0.900. The van der Waals surface area contributed by atoms with E-state index in [-0.39, 0.29) is 6.10 Å². The molecular formula is C14H17N3O. The Morgan fingerprint density at radius 3 is 2.50 bits per heavy atom. The molecule has 0 bridgehead atoms. The fourth-order valence-corrected chi connectivity index (χ4v) is 1.66. The molecule has 0 fully saturated rings. The summed E-state index contributed by atoms with van der Waals surface area (Å²) >= 11 is 0. The van der Waals surface area contributed by atoms with Crippen LogP contribution in [0.5, 0.6) is 5.75 Å². The summed E-state index contributed by atoms with van der Waals surface area (Å²) in [5.41, 5.74) is 8.64. The summed E-state index contributed by atoms with van der Waals surface area (Å²) in [6, 6.07) is 3.96. The van der Waals surface area contributed by atoms with Gasteiger partial charge >= 0.3 is 0 Å². The number of rotatable bonds is 3. The van der Waals surface area contributed by atoms with Crippen molar-refractivity contribution in [2.45, 2.75) is 26.9 Å². The normalized spacial score (nSPS) is 10.7. The van der Waals surface area contributed by atoms with Crippen molar-refractivity contribution in [3.63, 3.8) is 0 Å². The van der Waals surface area contributed by atoms with Gasteiger partial charge in [0, 0.05) is 23.5 Å². The van der Waals surface area contributed by atoms with Crippen LogP contribution in [0.15, 0.2) is 30.7 Å². The molecule has 0 unspecified atom stereocenters. The monoisotopic (exact) mass is 243 g/mol. The molecule has 0 aliphatic heterocycles. The summed E-state index contributed by atoms with van der Waals surface area (Å²) < 4.78 is 5.62. The Morgan fingerprint density at radius 2 is 1.83 bits per heavy atom. The molecule has 18 heavy (non-hydrogen) atoms. The van der Waals surface area contributed by atoms with Crippen LogP contribution in [0.25, 0.3) is 11.1 Å². The number of anilines is 1. The lowest BCUT2D eigenvalue weighted by atomic mass is 10.1. The number of aryl methyl sites for hydroxylation is 1. The van der Waals surface area contributed by atoms with Crippen molar-refractivity contribution < 1.29 is 4.74 Å². The summed E-state index contributed by atoms with van der Waals surface area (Å²) in [7, 11) is 0. The Balaban J connectivity index is 2.35. The highest BCUT2D eigenvalue weighted by Crippen LogP contribution is 2.24. The molecule has 94 valence electrons. The van der Waals surface area contributed by atoms with Crippen LogP contribution in [0.1, 0.15) is 19.4 Å². The van der Waals surface area contributed by atoms with Crippen molar-refractivity contribution in [1.82, 2.24) is 9.97 Å². The van der Waals surface area contributed by atoms with Crippen LogP contribution in [0.4, 0.5) is 5.82 Å². The van der Waals surface area contributed by atoms with E-state index in [1.54, 1.807) is 18.6 Å². The van der Waals surface area contributed by atoms with Crippen molar-refractivity contribution in [3.8, 4) is 16.9 Å². The molecule has 0 aliphatic rings. The molecule has 4 heteroatoms. The van der Waals surface area contributed by atoms with Gasteiger partial charge in [-0.2, -0.15) is 0 Å². The number of hydrogen-bond acceptors (Lipinski definition) is 4. The van der Waals surface area contributed by atoms with Gasteiger partial charge in [0.15, 0.2) is 0 Å². The van der Waals surface area contributed by atoms with Crippen LogP contribution in [-0.2, 0) is 0 Å². The van der Waals surface area contributed by atoms with Crippen LogP contribution in [0, 0.1) is 6.92 Å². The average Bonchev–Trinajstić information content (AvgIpc) is 2.32. The van der Waals surface area contributed by atoms with E-state index in [0.717, 1.165) is 22.4 Å². The molecule has 0 atom stereocenters. The van der Waals surface area contributed by atoms with Gasteiger partial charge in [-0.25, -0.2) is 4.98 Å². The van der Waals surface area contributed by atoms with Crippen LogP contribution < -0.4 is 10.5 Å². The number of hydrogen-bond donors (Lipinski definition) is 1. The lowest BCUT2D eigenvalue weighted by Gasteiger charge is -2.10. The number of nitrogen functional groups attached to an aromatic ring is 1. The fraction of sp³-hybridized carbons (Fsp3) is 0.286. The smallest absolute Gasteiger partial charge is 0.138 e.